The first-order chi connectivity index (χ1) is 12.5. The predicted molar refractivity (Wildman–Crippen MR) is 65.8 cm³/mol. The first-order valence-corrected chi connectivity index (χ1v) is 7.59. The molecule has 0 N–H and O–H groups in total. The van der Waals surface area contributed by atoms with Gasteiger partial charge in [0.2, 0.25) is 0 Å². The topological polar surface area (TPSA) is 9.23 Å². The molecule has 18 heteroatoms. The monoisotopic (exact) mass is 492 g/mol. The van der Waals surface area contributed by atoms with Crippen LogP contribution in [0.4, 0.5) is 70.2 Å². The van der Waals surface area contributed by atoms with Crippen molar-refractivity contribution < 1.29 is 75.0 Å². The van der Waals surface area contributed by atoms with Crippen LogP contribution in [0.15, 0.2) is 0 Å². The first kappa shape index (κ1) is 28.3. The van der Waals surface area contributed by atoms with Gasteiger partial charge in [0.15, 0.2) is 0 Å². The molecule has 0 bridgehead atoms. The van der Waals surface area contributed by atoms with Gasteiger partial charge in [0.25, 0.3) is 6.36 Å². The van der Waals surface area contributed by atoms with Crippen molar-refractivity contribution in [1.82, 2.24) is 0 Å². The minimum absolute atomic E-state index is 0.0539. The molecule has 0 aliphatic heterocycles. The Morgan fingerprint density at radius 2 is 0.931 bits per heavy atom. The van der Waals surface area contributed by atoms with Crippen LogP contribution >= 0.6 is 9.24 Å². The summed E-state index contributed by atoms with van der Waals surface area (Å²) in [5, 5.41) is 0. The van der Waals surface area contributed by atoms with Gasteiger partial charge in [-0.1, -0.05) is 0 Å². The molecule has 2 unspecified atom stereocenters. The molecule has 0 fully saturated rings. The average molecular weight is 492 g/mol. The van der Waals surface area contributed by atoms with Crippen LogP contribution in [0.25, 0.3) is 0 Å². The van der Waals surface area contributed by atoms with Crippen molar-refractivity contribution in [2.24, 2.45) is 0 Å². The Kier molecular flexibility index (Phi) is 7.87. The lowest BCUT2D eigenvalue weighted by Gasteiger charge is -2.41. The highest BCUT2D eigenvalue weighted by Gasteiger charge is 2.94. The highest BCUT2D eigenvalue weighted by molar-refractivity contribution is 7.16. The minimum atomic E-state index is -8.44. The molecular weight excluding hydrogens is 483 g/mol. The number of rotatable bonds is 10. The third-order valence-corrected chi connectivity index (χ3v) is 3.66. The van der Waals surface area contributed by atoms with Crippen LogP contribution in [0.3, 0.4) is 0 Å². The maximum Gasteiger partial charge on any atom is 0.460 e. The van der Waals surface area contributed by atoms with E-state index in [9.17, 15) is 70.2 Å². The van der Waals surface area contributed by atoms with Gasteiger partial charge in [0.05, 0.1) is 6.61 Å². The summed E-state index contributed by atoms with van der Waals surface area (Å²) >= 11 is 0. The molecule has 0 radical (unpaired) electrons. The lowest BCUT2D eigenvalue weighted by Crippen LogP contribution is -2.73. The largest absolute Gasteiger partial charge is 0.460 e. The standard InChI is InChI=1S/C11H9F16OP/c12-4(28-2-1-3-29)5(13,14)6(15,16)7(17,18)8(19,20)9(21,22)10(23,24)11(25,26)27/h4H,1-3,29H2. The summed E-state index contributed by atoms with van der Waals surface area (Å²) in [7, 11) is 1.88. The van der Waals surface area contributed by atoms with Crippen LogP contribution in [-0.4, -0.2) is 60.8 Å². The second-order valence-electron chi connectivity index (χ2n) is 5.32. The van der Waals surface area contributed by atoms with E-state index in [0.717, 1.165) is 0 Å². The zero-order valence-electron chi connectivity index (χ0n) is 13.2. The number of halogens is 16. The van der Waals surface area contributed by atoms with Gasteiger partial charge in [-0.05, 0) is 12.6 Å². The zero-order valence-corrected chi connectivity index (χ0v) is 14.4. The van der Waals surface area contributed by atoms with E-state index in [-0.39, 0.29) is 6.16 Å². The third kappa shape index (κ3) is 4.22. The zero-order chi connectivity index (χ0) is 23.9. The van der Waals surface area contributed by atoms with E-state index in [1.54, 1.807) is 0 Å². The average Bonchev–Trinajstić information content (AvgIpc) is 2.52. The predicted octanol–water partition coefficient (Wildman–Crippen LogP) is 5.94. The van der Waals surface area contributed by atoms with Crippen molar-refractivity contribution in [3.05, 3.63) is 0 Å². The molecule has 0 amide bonds. The third-order valence-electron chi connectivity index (χ3n) is 3.25. The Morgan fingerprint density at radius 3 is 1.28 bits per heavy atom. The minimum Gasteiger partial charge on any atom is -0.343 e. The van der Waals surface area contributed by atoms with E-state index in [2.05, 4.69) is 4.74 Å². The van der Waals surface area contributed by atoms with Crippen molar-refractivity contribution in [1.29, 1.82) is 0 Å². The maximum atomic E-state index is 13.3. The molecular formula is C11H9F16OP. The number of ether oxygens (including phenoxy) is 1. The summed E-state index contributed by atoms with van der Waals surface area (Å²) < 4.78 is 209. The second kappa shape index (κ2) is 8.08. The maximum absolute atomic E-state index is 13.3. The Hall–Kier alpha value is -0.730. The second-order valence-corrected chi connectivity index (χ2v) is 5.90. The summed E-state index contributed by atoms with van der Waals surface area (Å²) in [6.45, 7) is -1.19. The molecule has 0 saturated heterocycles. The van der Waals surface area contributed by atoms with Crippen molar-refractivity contribution in [2.45, 2.75) is 54.5 Å². The van der Waals surface area contributed by atoms with Gasteiger partial charge in [-0.25, -0.2) is 4.39 Å². The van der Waals surface area contributed by atoms with E-state index in [1.807, 2.05) is 9.24 Å². The van der Waals surface area contributed by atoms with E-state index in [4.69, 9.17) is 0 Å². The van der Waals surface area contributed by atoms with Crippen LogP contribution in [0.2, 0.25) is 0 Å². The summed E-state index contributed by atoms with van der Waals surface area (Å²) in [5.74, 6) is -48.1. The Balaban J connectivity index is 6.29. The Labute approximate surface area is 152 Å². The van der Waals surface area contributed by atoms with Crippen molar-refractivity contribution in [3.8, 4) is 0 Å². The van der Waals surface area contributed by atoms with Gasteiger partial charge >= 0.3 is 41.7 Å². The molecule has 0 aromatic heterocycles. The molecule has 29 heavy (non-hydrogen) atoms. The van der Waals surface area contributed by atoms with Crippen LogP contribution in [0.5, 0.6) is 0 Å². The van der Waals surface area contributed by atoms with Gasteiger partial charge < -0.3 is 4.74 Å². The summed E-state index contributed by atoms with van der Waals surface area (Å²) in [6.07, 6.45) is -13.0. The molecule has 0 aromatic rings. The van der Waals surface area contributed by atoms with E-state index in [1.165, 1.54) is 0 Å². The molecule has 0 aliphatic carbocycles. The quantitative estimate of drug-likeness (QED) is 0.209. The molecule has 0 aromatic carbocycles. The molecule has 0 rings (SSSR count). The summed E-state index contributed by atoms with van der Waals surface area (Å²) in [5.41, 5.74) is 0. The Morgan fingerprint density at radius 1 is 0.586 bits per heavy atom. The van der Waals surface area contributed by atoms with Gasteiger partial charge in [-0.2, -0.15) is 65.9 Å². The van der Waals surface area contributed by atoms with Crippen molar-refractivity contribution in [2.75, 3.05) is 12.8 Å². The van der Waals surface area contributed by atoms with Gasteiger partial charge in [0, 0.05) is 0 Å². The van der Waals surface area contributed by atoms with Crippen molar-refractivity contribution in [3.63, 3.8) is 0 Å². The van der Waals surface area contributed by atoms with Gasteiger partial charge in [0.1, 0.15) is 0 Å². The fraction of sp³-hybridized carbons (Fsp3) is 1.00. The molecule has 2 atom stereocenters. The Bertz CT molecular complexity index is 556. The molecule has 1 nitrogen and oxygen atoms in total. The fourth-order valence-electron chi connectivity index (χ4n) is 1.50. The van der Waals surface area contributed by atoms with Crippen LogP contribution in [0, 0.1) is 0 Å². The fourth-order valence-corrected chi connectivity index (χ4v) is 1.66. The lowest BCUT2D eigenvalue weighted by molar-refractivity contribution is -0.458. The number of hydrogen-bond acceptors (Lipinski definition) is 1. The van der Waals surface area contributed by atoms with Crippen LogP contribution < -0.4 is 0 Å². The SMILES string of the molecule is FC(OCCCP)C(F)(F)C(F)(F)C(F)(F)C(F)(F)C(F)(F)C(F)(F)C(F)(F)F. The smallest absolute Gasteiger partial charge is 0.343 e. The number of hydrogen-bond donors (Lipinski definition) is 0. The molecule has 0 saturated carbocycles. The van der Waals surface area contributed by atoms with Gasteiger partial charge in [-0.3, -0.25) is 0 Å². The molecule has 0 aliphatic rings. The van der Waals surface area contributed by atoms with Crippen LogP contribution in [0.1, 0.15) is 6.42 Å². The van der Waals surface area contributed by atoms with Gasteiger partial charge in [-0.15, -0.1) is 9.24 Å². The highest BCUT2D eigenvalue weighted by Crippen LogP contribution is 2.62. The van der Waals surface area contributed by atoms with E-state index < -0.39 is 61.1 Å². The van der Waals surface area contributed by atoms with E-state index in [0.29, 0.717) is 0 Å². The highest BCUT2D eigenvalue weighted by atomic mass is 31.0. The van der Waals surface area contributed by atoms with Crippen molar-refractivity contribution >= 4 is 9.24 Å². The summed E-state index contributed by atoms with van der Waals surface area (Å²) in [4.78, 5) is 0. The normalized spacial score (nSPS) is 16.9. The lowest BCUT2D eigenvalue weighted by atomic mass is 9.91. The number of alkyl halides is 16. The van der Waals surface area contributed by atoms with Crippen LogP contribution in [-0.2, 0) is 4.74 Å². The molecule has 0 heterocycles. The first-order valence-electron chi connectivity index (χ1n) is 6.77. The molecule has 0 spiro atoms. The molecule has 176 valence electrons. The summed E-state index contributed by atoms with van der Waals surface area (Å²) in [6, 6.07) is 0. The van der Waals surface area contributed by atoms with E-state index >= 15 is 0 Å².